The summed E-state index contributed by atoms with van der Waals surface area (Å²) in [5.41, 5.74) is 0.149. The molecule has 0 saturated heterocycles. The van der Waals surface area contributed by atoms with Gasteiger partial charge in [-0.2, -0.15) is 0 Å². The Balaban J connectivity index is 2.18. The largest absolute Gasteiger partial charge is 0.420 e. The molecule has 2 aromatic rings. The standard InChI is InChI=1S/C9H4Cl2N2O2S/c10-5-1-2-8(6(11)3-5)15-9(14)7-4-16-13-12-7/h1-4H. The van der Waals surface area contributed by atoms with Crippen LogP contribution in [0.3, 0.4) is 0 Å². The van der Waals surface area contributed by atoms with E-state index in [-0.39, 0.29) is 16.5 Å². The molecular weight excluding hydrogens is 271 g/mol. The molecule has 7 heteroatoms. The van der Waals surface area contributed by atoms with Crippen LogP contribution in [-0.4, -0.2) is 15.6 Å². The van der Waals surface area contributed by atoms with Crippen LogP contribution in [0, 0.1) is 0 Å². The van der Waals surface area contributed by atoms with Crippen molar-refractivity contribution in [2.75, 3.05) is 0 Å². The Morgan fingerprint density at radius 3 is 2.81 bits per heavy atom. The third-order valence-corrected chi connectivity index (χ3v) is 2.70. The summed E-state index contributed by atoms with van der Waals surface area (Å²) in [6, 6.07) is 4.59. The molecule has 0 fully saturated rings. The van der Waals surface area contributed by atoms with E-state index in [0.29, 0.717) is 5.02 Å². The predicted molar refractivity (Wildman–Crippen MR) is 61.3 cm³/mol. The number of hydrogen-bond acceptors (Lipinski definition) is 5. The van der Waals surface area contributed by atoms with Gasteiger partial charge in [0.15, 0.2) is 5.69 Å². The number of halogens is 2. The molecule has 0 bridgehead atoms. The highest BCUT2D eigenvalue weighted by atomic mass is 35.5. The molecule has 2 rings (SSSR count). The second kappa shape index (κ2) is 4.78. The molecule has 16 heavy (non-hydrogen) atoms. The fourth-order valence-corrected chi connectivity index (χ4v) is 1.84. The number of nitrogens with zero attached hydrogens (tertiary/aromatic N) is 2. The molecule has 0 saturated carbocycles. The number of esters is 1. The summed E-state index contributed by atoms with van der Waals surface area (Å²) in [5, 5.41) is 5.82. The van der Waals surface area contributed by atoms with Crippen molar-refractivity contribution in [2.45, 2.75) is 0 Å². The predicted octanol–water partition coefficient (Wildman–Crippen LogP) is 3.06. The van der Waals surface area contributed by atoms with Crippen LogP contribution in [0.15, 0.2) is 23.6 Å². The summed E-state index contributed by atoms with van der Waals surface area (Å²) in [6.45, 7) is 0. The zero-order valence-corrected chi connectivity index (χ0v) is 10.0. The molecule has 0 N–H and O–H groups in total. The highest BCUT2D eigenvalue weighted by Gasteiger charge is 2.13. The van der Waals surface area contributed by atoms with Gasteiger partial charge >= 0.3 is 5.97 Å². The molecule has 0 radical (unpaired) electrons. The highest BCUT2D eigenvalue weighted by molar-refractivity contribution is 7.03. The zero-order chi connectivity index (χ0) is 11.5. The Hall–Kier alpha value is -1.17. The Morgan fingerprint density at radius 1 is 1.38 bits per heavy atom. The molecule has 1 aromatic carbocycles. The van der Waals surface area contributed by atoms with Crippen LogP contribution >= 0.6 is 34.7 Å². The normalized spacial score (nSPS) is 10.1. The fourth-order valence-electron chi connectivity index (χ4n) is 0.964. The van der Waals surface area contributed by atoms with Gasteiger partial charge in [0.05, 0.1) is 5.02 Å². The Kier molecular flexibility index (Phi) is 3.38. The van der Waals surface area contributed by atoms with Gasteiger partial charge in [0, 0.05) is 10.4 Å². The van der Waals surface area contributed by atoms with E-state index >= 15 is 0 Å². The average Bonchev–Trinajstić information content (AvgIpc) is 2.75. The summed E-state index contributed by atoms with van der Waals surface area (Å²) >= 11 is 12.6. The smallest absolute Gasteiger partial charge is 0.365 e. The first-order valence-electron chi connectivity index (χ1n) is 4.11. The first kappa shape index (κ1) is 11.3. The molecule has 0 unspecified atom stereocenters. The fraction of sp³-hybridized carbons (Fsp3) is 0. The summed E-state index contributed by atoms with van der Waals surface area (Å²) in [7, 11) is 0. The second-order valence-electron chi connectivity index (χ2n) is 2.75. The van der Waals surface area contributed by atoms with Crippen molar-refractivity contribution in [3.05, 3.63) is 39.3 Å². The van der Waals surface area contributed by atoms with E-state index in [0.717, 1.165) is 11.5 Å². The minimum absolute atomic E-state index is 0.149. The molecule has 82 valence electrons. The number of hydrogen-bond donors (Lipinski definition) is 0. The molecule has 0 aliphatic carbocycles. The zero-order valence-electron chi connectivity index (χ0n) is 7.68. The van der Waals surface area contributed by atoms with E-state index in [2.05, 4.69) is 9.59 Å². The number of carbonyl (C=O) groups excluding carboxylic acids is 1. The number of rotatable bonds is 2. The van der Waals surface area contributed by atoms with Crippen LogP contribution in [0.25, 0.3) is 0 Å². The van der Waals surface area contributed by atoms with E-state index < -0.39 is 5.97 Å². The maximum atomic E-state index is 11.5. The monoisotopic (exact) mass is 274 g/mol. The van der Waals surface area contributed by atoms with Gasteiger partial charge in [-0.3, -0.25) is 0 Å². The molecule has 0 aliphatic heterocycles. The lowest BCUT2D eigenvalue weighted by Gasteiger charge is -2.04. The molecule has 4 nitrogen and oxygen atoms in total. The van der Waals surface area contributed by atoms with E-state index in [4.69, 9.17) is 27.9 Å². The molecular formula is C9H4Cl2N2O2S. The van der Waals surface area contributed by atoms with Crippen molar-refractivity contribution in [1.82, 2.24) is 9.59 Å². The van der Waals surface area contributed by atoms with Crippen LogP contribution in [0.5, 0.6) is 5.75 Å². The van der Waals surface area contributed by atoms with Crippen molar-refractivity contribution in [1.29, 1.82) is 0 Å². The molecule has 0 aliphatic rings. The van der Waals surface area contributed by atoms with Crippen LogP contribution < -0.4 is 4.74 Å². The highest BCUT2D eigenvalue weighted by Crippen LogP contribution is 2.27. The van der Waals surface area contributed by atoms with Gasteiger partial charge in [0.25, 0.3) is 0 Å². The van der Waals surface area contributed by atoms with Crippen molar-refractivity contribution in [3.8, 4) is 5.75 Å². The molecule has 1 heterocycles. The van der Waals surface area contributed by atoms with Gasteiger partial charge in [0.1, 0.15) is 5.75 Å². The average molecular weight is 275 g/mol. The first-order valence-corrected chi connectivity index (χ1v) is 5.70. The van der Waals surface area contributed by atoms with Crippen LogP contribution in [0.4, 0.5) is 0 Å². The Bertz CT molecular complexity index is 516. The van der Waals surface area contributed by atoms with Crippen molar-refractivity contribution >= 4 is 40.7 Å². The minimum Gasteiger partial charge on any atom is -0.420 e. The lowest BCUT2D eigenvalue weighted by atomic mass is 10.3. The van der Waals surface area contributed by atoms with Crippen LogP contribution in [0.2, 0.25) is 10.0 Å². The minimum atomic E-state index is -0.599. The van der Waals surface area contributed by atoms with E-state index in [1.54, 1.807) is 6.07 Å². The molecule has 1 aromatic heterocycles. The van der Waals surface area contributed by atoms with Gasteiger partial charge in [-0.1, -0.05) is 27.7 Å². The van der Waals surface area contributed by atoms with Crippen molar-refractivity contribution in [2.24, 2.45) is 0 Å². The SMILES string of the molecule is O=C(Oc1ccc(Cl)cc1Cl)c1csnn1. The van der Waals surface area contributed by atoms with E-state index in [1.807, 2.05) is 0 Å². The maximum Gasteiger partial charge on any atom is 0.365 e. The number of carbonyl (C=O) groups is 1. The van der Waals surface area contributed by atoms with Gasteiger partial charge in [-0.05, 0) is 29.7 Å². The maximum absolute atomic E-state index is 11.5. The van der Waals surface area contributed by atoms with Crippen molar-refractivity contribution in [3.63, 3.8) is 0 Å². The topological polar surface area (TPSA) is 52.1 Å². The Labute approximate surface area is 105 Å². The lowest BCUT2D eigenvalue weighted by Crippen LogP contribution is -2.09. The number of benzene rings is 1. The molecule has 0 spiro atoms. The summed E-state index contributed by atoms with van der Waals surface area (Å²) in [4.78, 5) is 11.5. The van der Waals surface area contributed by atoms with Gasteiger partial charge in [0.2, 0.25) is 0 Å². The third kappa shape index (κ3) is 2.49. The number of aromatic nitrogens is 2. The van der Waals surface area contributed by atoms with Crippen molar-refractivity contribution < 1.29 is 9.53 Å². The Morgan fingerprint density at radius 2 is 2.19 bits per heavy atom. The van der Waals surface area contributed by atoms with Crippen LogP contribution in [-0.2, 0) is 0 Å². The van der Waals surface area contributed by atoms with Gasteiger partial charge < -0.3 is 4.74 Å². The van der Waals surface area contributed by atoms with Crippen LogP contribution in [0.1, 0.15) is 10.5 Å². The summed E-state index contributed by atoms with van der Waals surface area (Å²) in [6.07, 6.45) is 0. The van der Waals surface area contributed by atoms with E-state index in [9.17, 15) is 4.79 Å². The number of ether oxygens (including phenoxy) is 1. The third-order valence-electron chi connectivity index (χ3n) is 1.67. The quantitative estimate of drug-likeness (QED) is 0.624. The first-order chi connectivity index (χ1) is 7.66. The molecule has 0 atom stereocenters. The van der Waals surface area contributed by atoms with Gasteiger partial charge in [-0.25, -0.2) is 4.79 Å². The summed E-state index contributed by atoms with van der Waals surface area (Å²) in [5.74, 6) is -0.359. The summed E-state index contributed by atoms with van der Waals surface area (Å²) < 4.78 is 8.58. The lowest BCUT2D eigenvalue weighted by molar-refractivity contribution is 0.0728. The van der Waals surface area contributed by atoms with Gasteiger partial charge in [-0.15, -0.1) is 5.10 Å². The molecule has 0 amide bonds. The second-order valence-corrected chi connectivity index (χ2v) is 4.21. The van der Waals surface area contributed by atoms with E-state index in [1.165, 1.54) is 17.5 Å².